The maximum atomic E-state index is 14.5. The molecule has 178 valence electrons. The summed E-state index contributed by atoms with van der Waals surface area (Å²) in [5.74, 6) is -2.55. The molecule has 0 amide bonds. The summed E-state index contributed by atoms with van der Waals surface area (Å²) < 4.78 is 20.7. The number of aromatic amines is 2. The van der Waals surface area contributed by atoms with E-state index in [2.05, 4.69) is 15.3 Å². The lowest BCUT2D eigenvalue weighted by Crippen LogP contribution is -2.35. The molecule has 0 bridgehead atoms. The summed E-state index contributed by atoms with van der Waals surface area (Å²) >= 11 is 12.5. The largest absolute Gasteiger partial charge is 0.476 e. The molecule has 0 atom stereocenters. The van der Waals surface area contributed by atoms with Crippen LogP contribution in [0.25, 0.3) is 16.8 Å². The van der Waals surface area contributed by atoms with Gasteiger partial charge >= 0.3 is 11.7 Å². The summed E-state index contributed by atoms with van der Waals surface area (Å²) in [7, 11) is 0. The Labute approximate surface area is 203 Å². The normalized spacial score (nSPS) is 10.9. The SMILES string of the molecule is Cc1cccc(-c2cc(Oc3c(Cl)cc(-n4nc(C(=O)O)c(=O)[nH]c4=O)cc3Cl)n[nH]c2=O)c1F. The van der Waals surface area contributed by atoms with E-state index in [9.17, 15) is 23.6 Å². The average molecular weight is 520 g/mol. The Morgan fingerprint density at radius 1 is 1.09 bits per heavy atom. The molecule has 2 aromatic carbocycles. The smallest absolute Gasteiger partial charge is 0.362 e. The molecule has 0 unspecified atom stereocenters. The number of aromatic carboxylic acids is 1. The lowest BCUT2D eigenvalue weighted by atomic mass is 10.0. The second-order valence-corrected chi connectivity index (χ2v) is 7.87. The molecule has 0 fully saturated rings. The standard InChI is InChI=1S/C21H12Cl2FN5O6/c1-8-3-2-4-10(15(8)24)11-7-14(26-27-18(11)30)35-17-12(22)5-9(6-13(17)23)29-21(34)25-19(31)16(28-29)20(32)33/h2-7H,1H3,(H,27,30)(H,32,33)(H,25,31,34). The van der Waals surface area contributed by atoms with E-state index in [1.165, 1.54) is 24.3 Å². The number of nitrogens with zero attached hydrogens (tertiary/aromatic N) is 3. The van der Waals surface area contributed by atoms with E-state index in [1.807, 2.05) is 4.98 Å². The minimum atomic E-state index is -1.65. The van der Waals surface area contributed by atoms with E-state index >= 15 is 0 Å². The molecule has 14 heteroatoms. The van der Waals surface area contributed by atoms with E-state index in [0.717, 1.165) is 0 Å². The highest BCUT2D eigenvalue weighted by Crippen LogP contribution is 2.38. The van der Waals surface area contributed by atoms with Crippen LogP contribution in [-0.4, -0.2) is 36.0 Å². The van der Waals surface area contributed by atoms with Crippen LogP contribution in [-0.2, 0) is 0 Å². The highest BCUT2D eigenvalue weighted by atomic mass is 35.5. The van der Waals surface area contributed by atoms with Gasteiger partial charge in [-0.05, 0) is 24.6 Å². The third kappa shape index (κ3) is 4.56. The molecule has 3 N–H and O–H groups in total. The minimum Gasteiger partial charge on any atom is -0.476 e. The summed E-state index contributed by atoms with van der Waals surface area (Å²) in [6.07, 6.45) is 0. The van der Waals surface area contributed by atoms with Crippen LogP contribution >= 0.6 is 23.2 Å². The number of halogens is 3. The van der Waals surface area contributed by atoms with Crippen molar-refractivity contribution >= 4 is 29.2 Å². The average Bonchev–Trinajstić information content (AvgIpc) is 2.79. The Balaban J connectivity index is 1.75. The van der Waals surface area contributed by atoms with Gasteiger partial charge in [0.15, 0.2) is 5.75 Å². The van der Waals surface area contributed by atoms with Gasteiger partial charge in [0, 0.05) is 11.6 Å². The van der Waals surface area contributed by atoms with E-state index in [-0.39, 0.29) is 38.5 Å². The molecule has 0 aliphatic carbocycles. The summed E-state index contributed by atoms with van der Waals surface area (Å²) in [6, 6.07) is 8.11. The topological polar surface area (TPSA) is 160 Å². The third-order valence-corrected chi connectivity index (χ3v) is 5.29. The molecule has 11 nitrogen and oxygen atoms in total. The van der Waals surface area contributed by atoms with Crippen LogP contribution in [0.5, 0.6) is 11.6 Å². The maximum Gasteiger partial charge on any atom is 0.362 e. The number of hydrogen-bond acceptors (Lipinski definition) is 7. The minimum absolute atomic E-state index is 0.0313. The fourth-order valence-electron chi connectivity index (χ4n) is 3.08. The van der Waals surface area contributed by atoms with Crippen LogP contribution in [0.1, 0.15) is 16.1 Å². The maximum absolute atomic E-state index is 14.5. The predicted molar refractivity (Wildman–Crippen MR) is 122 cm³/mol. The van der Waals surface area contributed by atoms with Crippen molar-refractivity contribution in [1.29, 1.82) is 0 Å². The lowest BCUT2D eigenvalue weighted by molar-refractivity contribution is 0.0685. The van der Waals surface area contributed by atoms with Crippen LogP contribution in [0.2, 0.25) is 10.0 Å². The quantitative estimate of drug-likeness (QED) is 0.362. The highest BCUT2D eigenvalue weighted by molar-refractivity contribution is 6.37. The first kappa shape index (κ1) is 23.9. The molecular formula is C21H12Cl2FN5O6. The number of aromatic nitrogens is 5. The Morgan fingerprint density at radius 3 is 2.43 bits per heavy atom. The zero-order chi connectivity index (χ0) is 25.4. The third-order valence-electron chi connectivity index (χ3n) is 4.73. The number of hydrogen-bond donors (Lipinski definition) is 3. The molecular weight excluding hydrogens is 508 g/mol. The number of nitrogens with one attached hydrogen (secondary N) is 2. The van der Waals surface area contributed by atoms with Crippen molar-refractivity contribution in [3.05, 3.63) is 94.7 Å². The van der Waals surface area contributed by atoms with Crippen LogP contribution in [0, 0.1) is 12.7 Å². The second kappa shape index (κ2) is 9.16. The van der Waals surface area contributed by atoms with Gasteiger partial charge < -0.3 is 9.84 Å². The van der Waals surface area contributed by atoms with Gasteiger partial charge in [-0.3, -0.25) is 14.6 Å². The summed E-state index contributed by atoms with van der Waals surface area (Å²) in [6.45, 7) is 1.55. The van der Waals surface area contributed by atoms with Crippen molar-refractivity contribution in [2.45, 2.75) is 6.92 Å². The zero-order valence-electron chi connectivity index (χ0n) is 17.4. The molecule has 4 rings (SSSR count). The molecule has 0 saturated heterocycles. The summed E-state index contributed by atoms with van der Waals surface area (Å²) in [5.41, 5.74) is -3.56. The molecule has 0 saturated carbocycles. The number of ether oxygens (including phenoxy) is 1. The van der Waals surface area contributed by atoms with E-state index in [1.54, 1.807) is 19.1 Å². The molecule has 0 aliphatic heterocycles. The van der Waals surface area contributed by atoms with Gasteiger partial charge in [-0.1, -0.05) is 41.4 Å². The molecule has 2 heterocycles. The lowest BCUT2D eigenvalue weighted by Gasteiger charge is -2.12. The molecule has 0 radical (unpaired) electrons. The Hall–Kier alpha value is -4.29. The number of benzene rings is 2. The van der Waals surface area contributed by atoms with Crippen molar-refractivity contribution in [3.63, 3.8) is 0 Å². The van der Waals surface area contributed by atoms with Crippen LogP contribution in [0.15, 0.2) is 50.8 Å². The first-order valence-electron chi connectivity index (χ1n) is 9.56. The fourth-order valence-corrected chi connectivity index (χ4v) is 3.63. The predicted octanol–water partition coefficient (Wildman–Crippen LogP) is 2.92. The van der Waals surface area contributed by atoms with Gasteiger partial charge in [-0.2, -0.15) is 9.78 Å². The van der Waals surface area contributed by atoms with Gasteiger partial charge in [0.25, 0.3) is 11.1 Å². The monoisotopic (exact) mass is 519 g/mol. The first-order chi connectivity index (χ1) is 16.6. The van der Waals surface area contributed by atoms with Crippen molar-refractivity contribution in [1.82, 2.24) is 25.0 Å². The van der Waals surface area contributed by atoms with Crippen molar-refractivity contribution in [2.75, 3.05) is 0 Å². The van der Waals surface area contributed by atoms with E-state index in [0.29, 0.717) is 10.2 Å². The number of carbonyl (C=O) groups is 1. The van der Waals surface area contributed by atoms with E-state index in [4.69, 9.17) is 33.0 Å². The van der Waals surface area contributed by atoms with Gasteiger partial charge in [0.1, 0.15) is 5.82 Å². The molecule has 0 aliphatic rings. The van der Waals surface area contributed by atoms with Crippen LogP contribution in [0.4, 0.5) is 4.39 Å². The van der Waals surface area contributed by atoms with Gasteiger partial charge in [-0.15, -0.1) is 5.10 Å². The van der Waals surface area contributed by atoms with Crippen LogP contribution in [0.3, 0.4) is 0 Å². The molecule has 35 heavy (non-hydrogen) atoms. The number of carboxylic acids is 1. The van der Waals surface area contributed by atoms with Gasteiger partial charge in [0.05, 0.1) is 21.3 Å². The molecule has 2 aromatic heterocycles. The first-order valence-corrected chi connectivity index (χ1v) is 10.3. The Kier molecular flexibility index (Phi) is 6.24. The van der Waals surface area contributed by atoms with Crippen LogP contribution < -0.4 is 21.5 Å². The molecule has 4 aromatic rings. The summed E-state index contributed by atoms with van der Waals surface area (Å²) in [4.78, 5) is 49.0. The van der Waals surface area contributed by atoms with Gasteiger partial charge in [0.2, 0.25) is 11.6 Å². The summed E-state index contributed by atoms with van der Waals surface area (Å²) in [5, 5.41) is 18.3. The number of carboxylic acid groups (broad SMARTS) is 1. The number of rotatable bonds is 5. The van der Waals surface area contributed by atoms with Crippen molar-refractivity contribution < 1.29 is 19.0 Å². The zero-order valence-corrected chi connectivity index (χ0v) is 18.9. The Morgan fingerprint density at radius 2 is 1.77 bits per heavy atom. The highest BCUT2D eigenvalue weighted by Gasteiger charge is 2.19. The second-order valence-electron chi connectivity index (χ2n) is 7.05. The Bertz CT molecular complexity index is 1660. The number of aryl methyl sites for hydroxylation is 1. The number of H-pyrrole nitrogens is 2. The fraction of sp³-hybridized carbons (Fsp3) is 0.0476. The van der Waals surface area contributed by atoms with Crippen molar-refractivity contribution in [2.24, 2.45) is 0 Å². The molecule has 0 spiro atoms. The van der Waals surface area contributed by atoms with Crippen molar-refractivity contribution in [3.8, 4) is 28.4 Å². The van der Waals surface area contributed by atoms with Gasteiger partial charge in [-0.25, -0.2) is 19.1 Å². The van der Waals surface area contributed by atoms with E-state index < -0.39 is 34.3 Å².